The number of piperazine rings is 1. The fourth-order valence-corrected chi connectivity index (χ4v) is 3.26. The quantitative estimate of drug-likeness (QED) is 0.794. The molecular weight excluding hydrogens is 359 g/mol. The maximum Gasteiger partial charge on any atom is 0.256 e. The molecule has 0 aliphatic carbocycles. The van der Waals surface area contributed by atoms with Crippen molar-refractivity contribution in [1.29, 1.82) is 0 Å². The molecule has 0 bridgehead atoms. The van der Waals surface area contributed by atoms with Crippen molar-refractivity contribution in [2.24, 2.45) is 0 Å². The van der Waals surface area contributed by atoms with Crippen LogP contribution in [0.15, 0.2) is 46.9 Å². The summed E-state index contributed by atoms with van der Waals surface area (Å²) in [5.41, 5.74) is 2.56. The molecule has 120 valence electrons. The highest BCUT2D eigenvalue weighted by molar-refractivity contribution is 9.10. The lowest BCUT2D eigenvalue weighted by Gasteiger charge is -2.36. The van der Waals surface area contributed by atoms with Crippen LogP contribution in [-0.4, -0.2) is 37.0 Å². The van der Waals surface area contributed by atoms with Crippen molar-refractivity contribution in [2.45, 2.75) is 6.92 Å². The molecule has 2 aromatic carbocycles. The first-order valence-corrected chi connectivity index (χ1v) is 8.40. The summed E-state index contributed by atoms with van der Waals surface area (Å²) in [6.07, 6.45) is 0. The van der Waals surface area contributed by atoms with Gasteiger partial charge in [-0.1, -0.05) is 34.1 Å². The average molecular weight is 377 g/mol. The van der Waals surface area contributed by atoms with E-state index in [1.165, 1.54) is 17.3 Å². The molecule has 2 aromatic rings. The second-order valence-corrected chi connectivity index (χ2v) is 6.61. The van der Waals surface area contributed by atoms with Crippen LogP contribution in [-0.2, 0) is 0 Å². The molecule has 0 saturated carbocycles. The Kier molecular flexibility index (Phi) is 4.66. The van der Waals surface area contributed by atoms with Gasteiger partial charge in [0.25, 0.3) is 5.91 Å². The van der Waals surface area contributed by atoms with Gasteiger partial charge in [0.05, 0.1) is 5.56 Å². The van der Waals surface area contributed by atoms with Gasteiger partial charge >= 0.3 is 0 Å². The Balaban J connectivity index is 1.70. The van der Waals surface area contributed by atoms with E-state index in [2.05, 4.69) is 39.9 Å². The van der Waals surface area contributed by atoms with Crippen molar-refractivity contribution >= 4 is 27.5 Å². The molecule has 5 heteroatoms. The third-order valence-electron chi connectivity index (χ3n) is 4.18. The minimum Gasteiger partial charge on any atom is -0.368 e. The van der Waals surface area contributed by atoms with E-state index in [0.29, 0.717) is 17.6 Å². The van der Waals surface area contributed by atoms with E-state index in [-0.39, 0.29) is 11.5 Å². The second-order valence-electron chi connectivity index (χ2n) is 5.69. The number of rotatable bonds is 2. The molecule has 3 nitrogen and oxygen atoms in total. The summed E-state index contributed by atoms with van der Waals surface area (Å²) in [5.74, 6) is -0.715. The average Bonchev–Trinajstić information content (AvgIpc) is 2.57. The first-order chi connectivity index (χ1) is 11.1. The molecule has 1 aliphatic heterocycles. The smallest absolute Gasteiger partial charge is 0.256 e. The summed E-state index contributed by atoms with van der Waals surface area (Å²) < 4.78 is 14.6. The van der Waals surface area contributed by atoms with E-state index >= 15 is 0 Å². The van der Waals surface area contributed by atoms with Crippen molar-refractivity contribution in [3.05, 3.63) is 63.9 Å². The van der Waals surface area contributed by atoms with E-state index < -0.39 is 5.82 Å². The molecule has 1 amide bonds. The third-order valence-corrected chi connectivity index (χ3v) is 4.68. The zero-order chi connectivity index (χ0) is 16.4. The van der Waals surface area contributed by atoms with Gasteiger partial charge in [0.1, 0.15) is 5.82 Å². The number of aryl methyl sites for hydroxylation is 1. The molecule has 0 N–H and O–H groups in total. The lowest BCUT2D eigenvalue weighted by molar-refractivity contribution is 0.0742. The van der Waals surface area contributed by atoms with Crippen LogP contribution in [0.4, 0.5) is 10.1 Å². The molecular formula is C18H18BrFN2O. The van der Waals surface area contributed by atoms with Gasteiger partial charge in [-0.05, 0) is 36.8 Å². The summed E-state index contributed by atoms with van der Waals surface area (Å²) in [5, 5.41) is 0. The lowest BCUT2D eigenvalue weighted by Crippen LogP contribution is -2.49. The summed E-state index contributed by atoms with van der Waals surface area (Å²) >= 11 is 3.29. The van der Waals surface area contributed by atoms with Crippen molar-refractivity contribution in [1.82, 2.24) is 4.90 Å². The predicted molar refractivity (Wildman–Crippen MR) is 93.4 cm³/mol. The number of carbonyl (C=O) groups is 1. The zero-order valence-electron chi connectivity index (χ0n) is 12.9. The van der Waals surface area contributed by atoms with Crippen LogP contribution < -0.4 is 4.90 Å². The Morgan fingerprint density at radius 1 is 1.09 bits per heavy atom. The maximum atomic E-state index is 13.9. The number of benzene rings is 2. The second kappa shape index (κ2) is 6.71. The zero-order valence-corrected chi connectivity index (χ0v) is 14.5. The number of nitrogens with zero attached hydrogens (tertiary/aromatic N) is 2. The van der Waals surface area contributed by atoms with Gasteiger partial charge in [0, 0.05) is 36.3 Å². The predicted octanol–water partition coefficient (Wildman–Crippen LogP) is 3.86. The number of hydrogen-bond acceptors (Lipinski definition) is 2. The molecule has 1 fully saturated rings. The van der Waals surface area contributed by atoms with Crippen LogP contribution in [0.2, 0.25) is 0 Å². The van der Waals surface area contributed by atoms with Gasteiger partial charge in [0.15, 0.2) is 0 Å². The van der Waals surface area contributed by atoms with Gasteiger partial charge in [-0.25, -0.2) is 4.39 Å². The Morgan fingerprint density at radius 2 is 1.78 bits per heavy atom. The highest BCUT2D eigenvalue weighted by atomic mass is 79.9. The minimum atomic E-state index is -0.473. The Morgan fingerprint density at radius 3 is 2.48 bits per heavy atom. The van der Waals surface area contributed by atoms with Gasteiger partial charge in [-0.2, -0.15) is 0 Å². The SMILES string of the molecule is Cc1ccccc1N1CCN(C(=O)c2cc(Br)ccc2F)CC1. The van der Waals surface area contributed by atoms with Crippen molar-refractivity contribution in [3.63, 3.8) is 0 Å². The number of amides is 1. The van der Waals surface area contributed by atoms with E-state index in [1.54, 1.807) is 17.0 Å². The highest BCUT2D eigenvalue weighted by Gasteiger charge is 2.24. The van der Waals surface area contributed by atoms with Crippen LogP contribution in [0.25, 0.3) is 0 Å². The first-order valence-electron chi connectivity index (χ1n) is 7.61. The fraction of sp³-hybridized carbons (Fsp3) is 0.278. The van der Waals surface area contributed by atoms with Gasteiger partial charge < -0.3 is 9.80 Å². The Hall–Kier alpha value is -1.88. The number of carbonyl (C=O) groups excluding carboxylic acids is 1. The van der Waals surface area contributed by atoms with Crippen molar-refractivity contribution in [2.75, 3.05) is 31.1 Å². The number of hydrogen-bond donors (Lipinski definition) is 0. The summed E-state index contributed by atoms with van der Waals surface area (Å²) in [6.45, 7) is 4.79. The number of halogens is 2. The summed E-state index contributed by atoms with van der Waals surface area (Å²) in [6, 6.07) is 12.7. The molecule has 0 atom stereocenters. The van der Waals surface area contributed by atoms with Crippen molar-refractivity contribution in [3.8, 4) is 0 Å². The van der Waals surface area contributed by atoms with E-state index in [4.69, 9.17) is 0 Å². The molecule has 1 aliphatic rings. The lowest BCUT2D eigenvalue weighted by atomic mass is 10.1. The largest absolute Gasteiger partial charge is 0.368 e. The number of anilines is 1. The number of para-hydroxylation sites is 1. The Labute approximate surface area is 143 Å². The van der Waals surface area contributed by atoms with Crippen molar-refractivity contribution < 1.29 is 9.18 Å². The van der Waals surface area contributed by atoms with Crippen LogP contribution in [0, 0.1) is 12.7 Å². The van der Waals surface area contributed by atoms with E-state index in [0.717, 1.165) is 13.1 Å². The van der Waals surface area contributed by atoms with Crippen LogP contribution in [0.5, 0.6) is 0 Å². The normalized spacial score (nSPS) is 14.9. The fourth-order valence-electron chi connectivity index (χ4n) is 2.90. The molecule has 23 heavy (non-hydrogen) atoms. The van der Waals surface area contributed by atoms with Crippen LogP contribution in [0.3, 0.4) is 0 Å². The van der Waals surface area contributed by atoms with E-state index in [9.17, 15) is 9.18 Å². The highest BCUT2D eigenvalue weighted by Crippen LogP contribution is 2.22. The monoisotopic (exact) mass is 376 g/mol. The third kappa shape index (κ3) is 3.39. The molecule has 0 radical (unpaired) electrons. The van der Waals surface area contributed by atoms with E-state index in [1.807, 2.05) is 12.1 Å². The molecule has 3 rings (SSSR count). The molecule has 0 aromatic heterocycles. The van der Waals surface area contributed by atoms with Gasteiger partial charge in [-0.15, -0.1) is 0 Å². The molecule has 1 heterocycles. The van der Waals surface area contributed by atoms with Gasteiger partial charge in [0.2, 0.25) is 0 Å². The first kappa shape index (κ1) is 16.0. The molecule has 0 spiro atoms. The molecule has 1 saturated heterocycles. The maximum absolute atomic E-state index is 13.9. The molecule has 0 unspecified atom stereocenters. The topological polar surface area (TPSA) is 23.6 Å². The minimum absolute atomic E-state index is 0.128. The Bertz CT molecular complexity index is 727. The standard InChI is InChI=1S/C18H18BrFN2O/c1-13-4-2-3-5-17(13)21-8-10-22(11-9-21)18(23)15-12-14(19)6-7-16(15)20/h2-7,12H,8-11H2,1H3. The summed E-state index contributed by atoms with van der Waals surface area (Å²) in [7, 11) is 0. The summed E-state index contributed by atoms with van der Waals surface area (Å²) in [4.78, 5) is 16.5. The van der Waals surface area contributed by atoms with Gasteiger partial charge in [-0.3, -0.25) is 4.79 Å². The van der Waals surface area contributed by atoms with Crippen LogP contribution >= 0.6 is 15.9 Å². The van der Waals surface area contributed by atoms with Crippen LogP contribution in [0.1, 0.15) is 15.9 Å².